The van der Waals surface area contributed by atoms with Crippen LogP contribution < -0.4 is 9.46 Å². The molecule has 0 saturated carbocycles. The van der Waals surface area contributed by atoms with Crippen LogP contribution in [0.5, 0.6) is 11.5 Å². The minimum absolute atomic E-state index is 0.0480. The van der Waals surface area contributed by atoms with Crippen LogP contribution >= 0.6 is 34.5 Å². The van der Waals surface area contributed by atoms with Gasteiger partial charge in [0.2, 0.25) is 0 Å². The van der Waals surface area contributed by atoms with Crippen molar-refractivity contribution in [1.29, 1.82) is 0 Å². The van der Waals surface area contributed by atoms with Crippen molar-refractivity contribution >= 4 is 50.2 Å². The molecule has 24 heavy (non-hydrogen) atoms. The van der Waals surface area contributed by atoms with Gasteiger partial charge in [-0.25, -0.2) is 8.42 Å². The van der Waals surface area contributed by atoms with E-state index in [0.29, 0.717) is 17.2 Å². The molecule has 0 fully saturated rings. The van der Waals surface area contributed by atoms with E-state index in [1.165, 1.54) is 6.07 Å². The van der Waals surface area contributed by atoms with Crippen molar-refractivity contribution in [2.75, 3.05) is 4.72 Å². The molecule has 0 saturated heterocycles. The van der Waals surface area contributed by atoms with E-state index in [2.05, 4.69) is 4.72 Å². The fourth-order valence-corrected chi connectivity index (χ4v) is 4.84. The largest absolute Gasteiger partial charge is 0.457 e. The summed E-state index contributed by atoms with van der Waals surface area (Å²) in [7, 11) is -3.76. The second-order valence-corrected chi connectivity index (χ2v) is 8.71. The summed E-state index contributed by atoms with van der Waals surface area (Å²) in [6.45, 7) is 0. The van der Waals surface area contributed by atoms with Gasteiger partial charge in [-0.3, -0.25) is 4.72 Å². The molecule has 0 amide bonds. The molecule has 1 N–H and O–H groups in total. The summed E-state index contributed by atoms with van der Waals surface area (Å²) in [5.41, 5.74) is 0.379. The lowest BCUT2D eigenvalue weighted by molar-refractivity contribution is 0.483. The highest BCUT2D eigenvalue weighted by molar-refractivity contribution is 7.94. The van der Waals surface area contributed by atoms with Crippen LogP contribution in [0.1, 0.15) is 0 Å². The lowest BCUT2D eigenvalue weighted by Crippen LogP contribution is -2.11. The second-order valence-electron chi connectivity index (χ2n) is 4.74. The van der Waals surface area contributed by atoms with E-state index < -0.39 is 10.0 Å². The molecule has 3 aromatic rings. The van der Waals surface area contributed by atoms with Gasteiger partial charge in [-0.2, -0.15) is 0 Å². The number of benzene rings is 2. The molecular weight excluding hydrogens is 389 g/mol. The fourth-order valence-electron chi connectivity index (χ4n) is 1.91. The lowest BCUT2D eigenvalue weighted by atomic mass is 10.3. The standard InChI is InChI=1S/C16H11Cl2NO3S2/c17-14-10-15(23-16(14)18)24(20,21)19-11-5-4-8-13(9-11)22-12-6-2-1-3-7-12/h1-10,19H. The molecule has 0 atom stereocenters. The van der Waals surface area contributed by atoms with Gasteiger partial charge in [-0.05, 0) is 30.3 Å². The zero-order valence-corrected chi connectivity index (χ0v) is 15.2. The van der Waals surface area contributed by atoms with Gasteiger partial charge in [-0.15, -0.1) is 11.3 Å². The van der Waals surface area contributed by atoms with E-state index in [9.17, 15) is 8.42 Å². The molecule has 8 heteroatoms. The molecule has 0 radical (unpaired) electrons. The highest BCUT2D eigenvalue weighted by Crippen LogP contribution is 2.35. The van der Waals surface area contributed by atoms with Crippen LogP contribution in [0.25, 0.3) is 0 Å². The first-order chi connectivity index (χ1) is 11.4. The normalized spacial score (nSPS) is 11.2. The van der Waals surface area contributed by atoms with E-state index in [4.69, 9.17) is 27.9 Å². The molecule has 0 unspecified atom stereocenters. The summed E-state index contributed by atoms with van der Waals surface area (Å²) in [4.78, 5) is 0. The van der Waals surface area contributed by atoms with Gasteiger partial charge >= 0.3 is 0 Å². The van der Waals surface area contributed by atoms with E-state index >= 15 is 0 Å². The predicted molar refractivity (Wildman–Crippen MR) is 98.1 cm³/mol. The van der Waals surface area contributed by atoms with Gasteiger partial charge in [0.25, 0.3) is 10.0 Å². The van der Waals surface area contributed by atoms with Crippen molar-refractivity contribution in [3.63, 3.8) is 0 Å². The van der Waals surface area contributed by atoms with E-state index in [1.54, 1.807) is 24.3 Å². The van der Waals surface area contributed by atoms with Crippen LogP contribution in [0.3, 0.4) is 0 Å². The van der Waals surface area contributed by atoms with Gasteiger partial charge < -0.3 is 4.74 Å². The summed E-state index contributed by atoms with van der Waals surface area (Å²) in [5.74, 6) is 1.18. The number of rotatable bonds is 5. The Kier molecular flexibility index (Phi) is 5.01. The number of para-hydroxylation sites is 1. The van der Waals surface area contributed by atoms with Crippen LogP contribution in [-0.2, 0) is 10.0 Å². The van der Waals surface area contributed by atoms with Crippen molar-refractivity contribution in [3.05, 3.63) is 70.0 Å². The zero-order chi connectivity index (χ0) is 17.2. The summed E-state index contributed by atoms with van der Waals surface area (Å²) in [5, 5.41) is 0.211. The fraction of sp³-hybridized carbons (Fsp3) is 0. The van der Waals surface area contributed by atoms with Crippen LogP contribution in [0.4, 0.5) is 5.69 Å². The highest BCUT2D eigenvalue weighted by atomic mass is 35.5. The quantitative estimate of drug-likeness (QED) is 0.602. The van der Waals surface area contributed by atoms with Crippen LogP contribution in [0, 0.1) is 0 Å². The monoisotopic (exact) mass is 399 g/mol. The number of hydrogen-bond acceptors (Lipinski definition) is 4. The topological polar surface area (TPSA) is 55.4 Å². The van der Waals surface area contributed by atoms with E-state index in [1.807, 2.05) is 30.3 Å². The molecular formula is C16H11Cl2NO3S2. The molecule has 0 spiro atoms. The van der Waals surface area contributed by atoms with Crippen LogP contribution in [0.15, 0.2) is 64.9 Å². The Bertz CT molecular complexity index is 937. The van der Waals surface area contributed by atoms with Crippen molar-refractivity contribution < 1.29 is 13.2 Å². The predicted octanol–water partition coefficient (Wildman–Crippen LogP) is 5.65. The van der Waals surface area contributed by atoms with Crippen LogP contribution in [-0.4, -0.2) is 8.42 Å². The Morgan fingerprint density at radius 2 is 1.62 bits per heavy atom. The number of halogens is 2. The summed E-state index contributed by atoms with van der Waals surface area (Å²) < 4.78 is 33.2. The van der Waals surface area contributed by atoms with Crippen molar-refractivity contribution in [2.24, 2.45) is 0 Å². The number of thiophene rings is 1. The Morgan fingerprint density at radius 3 is 2.29 bits per heavy atom. The van der Waals surface area contributed by atoms with Crippen molar-refractivity contribution in [3.8, 4) is 11.5 Å². The third-order valence-electron chi connectivity index (χ3n) is 2.95. The second kappa shape index (κ2) is 7.03. The summed E-state index contributed by atoms with van der Waals surface area (Å²) in [6, 6.07) is 17.2. The van der Waals surface area contributed by atoms with Crippen LogP contribution in [0.2, 0.25) is 9.36 Å². The molecule has 124 valence electrons. The van der Waals surface area contributed by atoms with Gasteiger partial charge in [0.1, 0.15) is 20.0 Å². The first kappa shape index (κ1) is 17.1. The third kappa shape index (κ3) is 4.02. The molecule has 1 heterocycles. The molecule has 2 aromatic carbocycles. The average molecular weight is 400 g/mol. The van der Waals surface area contributed by atoms with Gasteiger partial charge in [-0.1, -0.05) is 47.5 Å². The molecule has 0 aliphatic carbocycles. The molecule has 0 aliphatic heterocycles. The molecule has 1 aromatic heterocycles. The maximum absolute atomic E-state index is 12.4. The first-order valence-electron chi connectivity index (χ1n) is 6.75. The Balaban J connectivity index is 1.81. The number of ether oxygens (including phenoxy) is 1. The minimum atomic E-state index is -3.76. The van der Waals surface area contributed by atoms with Gasteiger partial charge in [0, 0.05) is 6.07 Å². The Morgan fingerprint density at radius 1 is 0.917 bits per heavy atom. The molecule has 0 bridgehead atoms. The van der Waals surface area contributed by atoms with Crippen molar-refractivity contribution in [2.45, 2.75) is 4.21 Å². The number of anilines is 1. The average Bonchev–Trinajstić information content (AvgIpc) is 2.89. The number of sulfonamides is 1. The van der Waals surface area contributed by atoms with E-state index in [0.717, 1.165) is 11.3 Å². The van der Waals surface area contributed by atoms with E-state index in [-0.39, 0.29) is 13.6 Å². The number of nitrogens with one attached hydrogen (secondary N) is 1. The Hall–Kier alpha value is -1.73. The van der Waals surface area contributed by atoms with Gasteiger partial charge in [0.05, 0.1) is 10.7 Å². The zero-order valence-electron chi connectivity index (χ0n) is 12.1. The minimum Gasteiger partial charge on any atom is -0.457 e. The third-order valence-corrected chi connectivity index (χ3v) is 6.67. The maximum atomic E-state index is 12.4. The van der Waals surface area contributed by atoms with Gasteiger partial charge in [0.15, 0.2) is 0 Å². The molecule has 0 aliphatic rings. The molecule has 3 rings (SSSR count). The summed E-state index contributed by atoms with van der Waals surface area (Å²) >= 11 is 12.5. The smallest absolute Gasteiger partial charge is 0.271 e. The summed E-state index contributed by atoms with van der Waals surface area (Å²) in [6.07, 6.45) is 0. The Labute approximate surface area is 153 Å². The SMILES string of the molecule is O=S(=O)(Nc1cccc(Oc2ccccc2)c1)c1cc(Cl)c(Cl)s1. The maximum Gasteiger partial charge on any atom is 0.271 e. The molecule has 4 nitrogen and oxygen atoms in total. The number of hydrogen-bond donors (Lipinski definition) is 1. The highest BCUT2D eigenvalue weighted by Gasteiger charge is 2.19. The lowest BCUT2D eigenvalue weighted by Gasteiger charge is -2.09. The van der Waals surface area contributed by atoms with Crippen molar-refractivity contribution in [1.82, 2.24) is 0 Å². The first-order valence-corrected chi connectivity index (χ1v) is 9.80.